The first-order chi connectivity index (χ1) is 16.0. The quantitative estimate of drug-likeness (QED) is 0.422. The Kier molecular flexibility index (Phi) is 7.32. The zero-order valence-electron chi connectivity index (χ0n) is 19.3. The molecule has 0 spiro atoms. The number of nitrogens with two attached hydrogens (primary N) is 1. The van der Waals surface area contributed by atoms with E-state index in [9.17, 15) is 0 Å². The molecule has 0 saturated carbocycles. The first-order valence-electron chi connectivity index (χ1n) is 11.0. The number of hydrogen-bond acceptors (Lipinski definition) is 9. The van der Waals surface area contributed by atoms with Gasteiger partial charge >= 0.3 is 0 Å². The normalized spacial score (nSPS) is 15.3. The molecular weight excluding hydrogens is 438 g/mol. The van der Waals surface area contributed by atoms with Crippen molar-refractivity contribution in [2.24, 2.45) is 0 Å². The minimum atomic E-state index is 0.362. The zero-order chi connectivity index (χ0) is 23.4. The Balaban J connectivity index is 0.000000200. The maximum absolute atomic E-state index is 5.83. The molecule has 0 aliphatic carbocycles. The van der Waals surface area contributed by atoms with Crippen molar-refractivity contribution in [3.63, 3.8) is 0 Å². The van der Waals surface area contributed by atoms with Gasteiger partial charge in [-0.1, -0.05) is 18.1 Å². The first-order valence-corrected chi connectivity index (χ1v) is 11.5. The van der Waals surface area contributed by atoms with Gasteiger partial charge in [0.25, 0.3) is 0 Å². The van der Waals surface area contributed by atoms with E-state index in [-0.39, 0.29) is 0 Å². The van der Waals surface area contributed by atoms with Gasteiger partial charge in [0.05, 0.1) is 20.8 Å². The molecule has 3 aromatic rings. The summed E-state index contributed by atoms with van der Waals surface area (Å²) in [6, 6.07) is 10.0. The number of hydrazine groups is 1. The van der Waals surface area contributed by atoms with Crippen LogP contribution in [0.25, 0.3) is 11.0 Å². The summed E-state index contributed by atoms with van der Waals surface area (Å²) in [5, 5.41) is 10.2. The van der Waals surface area contributed by atoms with Crippen molar-refractivity contribution in [1.29, 1.82) is 0 Å². The molecule has 2 aromatic carbocycles. The van der Waals surface area contributed by atoms with E-state index >= 15 is 0 Å². The highest BCUT2D eigenvalue weighted by Crippen LogP contribution is 2.33. The van der Waals surface area contributed by atoms with Crippen molar-refractivity contribution in [2.75, 3.05) is 39.6 Å². The summed E-state index contributed by atoms with van der Waals surface area (Å²) in [7, 11) is 3.28. The van der Waals surface area contributed by atoms with Crippen LogP contribution < -0.4 is 25.9 Å². The van der Waals surface area contributed by atoms with E-state index in [0.29, 0.717) is 17.2 Å². The molecule has 0 fully saturated rings. The largest absolute Gasteiger partial charge is 0.496 e. The lowest BCUT2D eigenvalue weighted by atomic mass is 10.1. The van der Waals surface area contributed by atoms with Crippen LogP contribution in [0.5, 0.6) is 11.5 Å². The molecule has 0 radical (unpaired) electrons. The molecule has 9 heteroatoms. The number of ether oxygens (including phenoxy) is 2. The Morgan fingerprint density at radius 2 is 1.94 bits per heavy atom. The average Bonchev–Trinajstić information content (AvgIpc) is 3.42. The smallest absolute Gasteiger partial charge is 0.178 e. The Morgan fingerprint density at radius 3 is 2.67 bits per heavy atom. The number of fused-ring (bicyclic) bond motifs is 1. The van der Waals surface area contributed by atoms with E-state index in [1.807, 2.05) is 24.3 Å². The molecule has 176 valence electrons. The highest BCUT2D eigenvalue weighted by Gasteiger charge is 2.24. The molecule has 4 N–H and O–H groups in total. The van der Waals surface area contributed by atoms with Crippen LogP contribution in [0.15, 0.2) is 51.0 Å². The number of nitrogens with one attached hydrogen (secondary N) is 2. The fourth-order valence-electron chi connectivity index (χ4n) is 4.16. The average molecular weight is 470 g/mol. The van der Waals surface area contributed by atoms with Crippen LogP contribution in [-0.4, -0.2) is 44.0 Å². The van der Waals surface area contributed by atoms with Crippen molar-refractivity contribution in [3.05, 3.63) is 52.7 Å². The second kappa shape index (κ2) is 10.4. The minimum absolute atomic E-state index is 0.362. The van der Waals surface area contributed by atoms with Gasteiger partial charge in [-0.3, -0.25) is 0 Å². The summed E-state index contributed by atoms with van der Waals surface area (Å²) in [6.45, 7) is 5.79. The number of nitrogen functional groups attached to an aromatic ring is 1. The molecule has 0 atom stereocenters. The van der Waals surface area contributed by atoms with Crippen LogP contribution in [0.4, 0.5) is 5.82 Å². The zero-order valence-corrected chi connectivity index (χ0v) is 20.2. The summed E-state index contributed by atoms with van der Waals surface area (Å²) < 4.78 is 15.8. The topological polar surface area (TPSA) is 97.8 Å². The maximum Gasteiger partial charge on any atom is 0.178 e. The Hall–Kier alpha value is -2.88. The molecule has 33 heavy (non-hydrogen) atoms. The summed E-state index contributed by atoms with van der Waals surface area (Å²) in [5.74, 6) is 1.90. The predicted molar refractivity (Wildman–Crippen MR) is 133 cm³/mol. The van der Waals surface area contributed by atoms with E-state index in [0.717, 1.165) is 60.6 Å². The summed E-state index contributed by atoms with van der Waals surface area (Å²) in [6.07, 6.45) is 2.09. The monoisotopic (exact) mass is 469 g/mol. The van der Waals surface area contributed by atoms with Crippen molar-refractivity contribution in [2.45, 2.75) is 31.2 Å². The highest BCUT2D eigenvalue weighted by molar-refractivity contribution is 7.80. The maximum atomic E-state index is 5.83. The van der Waals surface area contributed by atoms with Crippen molar-refractivity contribution in [1.82, 2.24) is 20.9 Å². The number of aromatic nitrogens is 1. The number of methoxy groups -OCH3 is 2. The molecule has 1 aromatic heterocycles. The van der Waals surface area contributed by atoms with Gasteiger partial charge < -0.3 is 30.1 Å². The van der Waals surface area contributed by atoms with Crippen LogP contribution in [-0.2, 0) is 13.0 Å². The Bertz CT molecular complexity index is 1160. The highest BCUT2D eigenvalue weighted by atomic mass is 32.1. The van der Waals surface area contributed by atoms with Crippen LogP contribution in [0.1, 0.15) is 24.5 Å². The summed E-state index contributed by atoms with van der Waals surface area (Å²) >= 11 is 4.28. The van der Waals surface area contributed by atoms with Gasteiger partial charge in [0.1, 0.15) is 16.9 Å². The van der Waals surface area contributed by atoms with Gasteiger partial charge in [-0.05, 0) is 47.4 Å². The molecule has 2 aliphatic rings. The fourth-order valence-corrected chi connectivity index (χ4v) is 4.49. The molecule has 2 aliphatic heterocycles. The van der Waals surface area contributed by atoms with Crippen molar-refractivity contribution >= 4 is 29.4 Å². The fraction of sp³-hybridized carbons (Fsp3) is 0.375. The van der Waals surface area contributed by atoms with Crippen molar-refractivity contribution < 1.29 is 14.0 Å². The summed E-state index contributed by atoms with van der Waals surface area (Å²) in [5.41, 5.74) is 15.2. The third kappa shape index (κ3) is 5.05. The minimum Gasteiger partial charge on any atom is -0.496 e. The molecule has 0 unspecified atom stereocenters. The number of hydrogen-bond donors (Lipinski definition) is 4. The predicted octanol–water partition coefficient (Wildman–Crippen LogP) is 3.53. The number of aryl methyl sites for hydroxylation is 1. The lowest BCUT2D eigenvalue weighted by Gasteiger charge is -2.25. The van der Waals surface area contributed by atoms with Crippen LogP contribution in [0, 0.1) is 0 Å². The van der Waals surface area contributed by atoms with Gasteiger partial charge in [0.15, 0.2) is 11.4 Å². The van der Waals surface area contributed by atoms with E-state index in [1.165, 1.54) is 16.8 Å². The van der Waals surface area contributed by atoms with Gasteiger partial charge in [0.2, 0.25) is 0 Å². The second-order valence-electron chi connectivity index (χ2n) is 8.00. The molecule has 5 rings (SSSR count). The van der Waals surface area contributed by atoms with Gasteiger partial charge in [0, 0.05) is 36.6 Å². The number of thiol groups is 1. The SMILES string of the molecule is CCc1ccc(OC)c(S)c1.COc1cc(CN2NCC3=C2CCNC3)cc2onc(N)c12. The van der Waals surface area contributed by atoms with Gasteiger partial charge in [-0.25, -0.2) is 5.43 Å². The Morgan fingerprint density at radius 1 is 1.12 bits per heavy atom. The second-order valence-corrected chi connectivity index (χ2v) is 8.48. The molecule has 0 amide bonds. The van der Waals surface area contributed by atoms with Crippen LogP contribution in [0.3, 0.4) is 0 Å². The lowest BCUT2D eigenvalue weighted by Crippen LogP contribution is -2.32. The standard InChI is InChI=1S/C15H19N5O2.C9H12OS/c1-21-12-4-9(5-13-14(12)15(16)19-22-13)8-20-11-2-3-17-6-10(11)7-18-20;1-3-7-4-5-8(10-2)9(11)6-7/h4-5,17-18H,2-3,6-8H2,1H3,(H2,16,19);4-6,11H,3H2,1-2H3. The lowest BCUT2D eigenvalue weighted by molar-refractivity contribution is 0.264. The van der Waals surface area contributed by atoms with E-state index in [4.69, 9.17) is 19.7 Å². The molecule has 0 saturated heterocycles. The van der Waals surface area contributed by atoms with Gasteiger partial charge in [-0.2, -0.15) is 0 Å². The van der Waals surface area contributed by atoms with Gasteiger partial charge in [-0.15, -0.1) is 12.6 Å². The number of nitrogens with zero attached hydrogens (tertiary/aromatic N) is 2. The number of rotatable bonds is 5. The third-order valence-electron chi connectivity index (χ3n) is 5.93. The molecular formula is C24H31N5O3S. The Labute approximate surface area is 199 Å². The van der Waals surface area contributed by atoms with Crippen LogP contribution >= 0.6 is 12.6 Å². The third-order valence-corrected chi connectivity index (χ3v) is 6.28. The van der Waals surface area contributed by atoms with E-state index in [1.54, 1.807) is 14.2 Å². The number of anilines is 1. The number of benzene rings is 2. The van der Waals surface area contributed by atoms with Crippen LogP contribution in [0.2, 0.25) is 0 Å². The van der Waals surface area contributed by atoms with E-state index in [2.05, 4.69) is 46.5 Å². The first kappa shape index (κ1) is 23.3. The molecule has 3 heterocycles. The molecule has 8 nitrogen and oxygen atoms in total. The van der Waals surface area contributed by atoms with Crippen molar-refractivity contribution in [3.8, 4) is 11.5 Å². The van der Waals surface area contributed by atoms with E-state index < -0.39 is 0 Å². The molecule has 0 bridgehead atoms. The summed E-state index contributed by atoms with van der Waals surface area (Å²) in [4.78, 5) is 0.909.